The number of aromatic amines is 1. The quantitative estimate of drug-likeness (QED) is 0.480. The van der Waals surface area contributed by atoms with E-state index < -0.39 is 0 Å². The number of pyridine rings is 1. The zero-order valence-electron chi connectivity index (χ0n) is 13.7. The molecule has 0 atom stereocenters. The van der Waals surface area contributed by atoms with Crippen molar-refractivity contribution in [3.63, 3.8) is 0 Å². The molecule has 3 aromatic rings. The van der Waals surface area contributed by atoms with Gasteiger partial charge in [0.15, 0.2) is 0 Å². The standard InChI is InChI=1S/C19H15ClN4O2/c20-15-6-5-12(10-22-15)23-16(25)9-11-7-8-21-19(26)18-17(11)13-3-1-2-4-14(13)24-18/h1-6,9-10,24H,7-8H2,(H,21,26)(H,23,25). The number of amides is 2. The van der Waals surface area contributed by atoms with E-state index in [9.17, 15) is 9.59 Å². The van der Waals surface area contributed by atoms with Crippen LogP contribution in [0, 0.1) is 0 Å². The Morgan fingerprint density at radius 1 is 1.23 bits per heavy atom. The van der Waals surface area contributed by atoms with Crippen LogP contribution in [0.1, 0.15) is 22.5 Å². The van der Waals surface area contributed by atoms with Gasteiger partial charge >= 0.3 is 0 Å². The third-order valence-corrected chi connectivity index (χ3v) is 4.46. The Hall–Kier alpha value is -3.12. The molecule has 1 aliphatic rings. The van der Waals surface area contributed by atoms with Crippen LogP contribution in [0.3, 0.4) is 0 Å². The van der Waals surface area contributed by atoms with E-state index in [1.54, 1.807) is 12.1 Å². The zero-order chi connectivity index (χ0) is 18.1. The molecule has 2 aromatic heterocycles. The average Bonchev–Trinajstić information content (AvgIpc) is 2.95. The van der Waals surface area contributed by atoms with E-state index in [2.05, 4.69) is 20.6 Å². The molecule has 1 aromatic carbocycles. The van der Waals surface area contributed by atoms with Crippen molar-refractivity contribution in [1.29, 1.82) is 0 Å². The molecule has 0 aliphatic carbocycles. The first-order valence-corrected chi connectivity index (χ1v) is 8.52. The van der Waals surface area contributed by atoms with Crippen molar-refractivity contribution < 1.29 is 9.59 Å². The second kappa shape index (κ2) is 6.65. The summed E-state index contributed by atoms with van der Waals surface area (Å²) < 4.78 is 0. The number of carbonyl (C=O) groups is 2. The number of hydrogen-bond acceptors (Lipinski definition) is 3. The highest BCUT2D eigenvalue weighted by molar-refractivity contribution is 6.29. The van der Waals surface area contributed by atoms with E-state index >= 15 is 0 Å². The number of rotatable bonds is 2. The Morgan fingerprint density at radius 2 is 2.08 bits per heavy atom. The Labute approximate surface area is 154 Å². The number of H-pyrrole nitrogens is 1. The first kappa shape index (κ1) is 16.4. The Kier molecular flexibility index (Phi) is 4.18. The summed E-state index contributed by atoms with van der Waals surface area (Å²) in [5.41, 5.74) is 3.48. The van der Waals surface area contributed by atoms with Crippen molar-refractivity contribution in [2.75, 3.05) is 11.9 Å². The van der Waals surface area contributed by atoms with Crippen LogP contribution in [0.2, 0.25) is 5.15 Å². The molecule has 4 rings (SSSR count). The minimum Gasteiger partial charge on any atom is -0.350 e. The highest BCUT2D eigenvalue weighted by Gasteiger charge is 2.23. The second-order valence-corrected chi connectivity index (χ2v) is 6.34. The normalized spacial score (nSPS) is 15.4. The van der Waals surface area contributed by atoms with E-state index in [1.165, 1.54) is 12.3 Å². The van der Waals surface area contributed by atoms with Crippen LogP contribution >= 0.6 is 11.6 Å². The van der Waals surface area contributed by atoms with Gasteiger partial charge in [0.25, 0.3) is 5.91 Å². The first-order chi connectivity index (χ1) is 12.6. The molecule has 2 amide bonds. The van der Waals surface area contributed by atoms with E-state index in [0.29, 0.717) is 29.5 Å². The summed E-state index contributed by atoms with van der Waals surface area (Å²) in [6.07, 6.45) is 3.59. The molecule has 0 unspecified atom stereocenters. The SMILES string of the molecule is O=C(C=C1CCNC(=O)c2[nH]c3ccccc3c21)Nc1ccc(Cl)nc1. The number of nitrogens with one attached hydrogen (secondary N) is 3. The molecular weight excluding hydrogens is 352 g/mol. The molecule has 0 radical (unpaired) electrons. The third-order valence-electron chi connectivity index (χ3n) is 4.23. The summed E-state index contributed by atoms with van der Waals surface area (Å²) in [4.78, 5) is 31.9. The lowest BCUT2D eigenvalue weighted by Gasteiger charge is -2.06. The Bertz CT molecular complexity index is 1040. The lowest BCUT2D eigenvalue weighted by Crippen LogP contribution is -2.22. The van der Waals surface area contributed by atoms with Crippen molar-refractivity contribution in [3.8, 4) is 0 Å². The number of aromatic nitrogens is 2. The molecule has 0 spiro atoms. The largest absolute Gasteiger partial charge is 0.350 e. The van der Waals surface area contributed by atoms with Crippen molar-refractivity contribution in [2.24, 2.45) is 0 Å². The summed E-state index contributed by atoms with van der Waals surface area (Å²) in [7, 11) is 0. The van der Waals surface area contributed by atoms with Crippen molar-refractivity contribution in [2.45, 2.75) is 6.42 Å². The smallest absolute Gasteiger partial charge is 0.268 e. The van der Waals surface area contributed by atoms with Gasteiger partial charge < -0.3 is 15.6 Å². The average molecular weight is 367 g/mol. The molecule has 3 N–H and O–H groups in total. The lowest BCUT2D eigenvalue weighted by atomic mass is 9.99. The minimum atomic E-state index is -0.283. The number of nitrogens with zero attached hydrogens (tertiary/aromatic N) is 1. The molecule has 26 heavy (non-hydrogen) atoms. The number of carbonyl (C=O) groups excluding carboxylic acids is 2. The van der Waals surface area contributed by atoms with Crippen LogP contribution in [0.15, 0.2) is 48.7 Å². The number of anilines is 1. The van der Waals surface area contributed by atoms with Gasteiger partial charge in [0.1, 0.15) is 10.8 Å². The first-order valence-electron chi connectivity index (χ1n) is 8.14. The van der Waals surface area contributed by atoms with Crippen LogP contribution in [-0.2, 0) is 4.79 Å². The van der Waals surface area contributed by atoms with Crippen LogP contribution in [0.25, 0.3) is 16.5 Å². The van der Waals surface area contributed by atoms with E-state index in [0.717, 1.165) is 22.0 Å². The van der Waals surface area contributed by atoms with Gasteiger partial charge in [0.05, 0.1) is 11.9 Å². The fourth-order valence-corrected chi connectivity index (χ4v) is 3.21. The van der Waals surface area contributed by atoms with Gasteiger partial charge in [-0.05, 0) is 30.2 Å². The summed E-state index contributed by atoms with van der Waals surface area (Å²) in [6.45, 7) is 0.470. The number of halogens is 1. The predicted molar refractivity (Wildman–Crippen MR) is 101 cm³/mol. The monoisotopic (exact) mass is 366 g/mol. The number of fused-ring (bicyclic) bond motifs is 3. The summed E-state index contributed by atoms with van der Waals surface area (Å²) in [5, 5.41) is 6.90. The molecule has 0 bridgehead atoms. The number of benzene rings is 1. The van der Waals surface area contributed by atoms with Gasteiger partial charge in [-0.3, -0.25) is 9.59 Å². The summed E-state index contributed by atoms with van der Waals surface area (Å²) in [6, 6.07) is 11.0. The van der Waals surface area contributed by atoms with Crippen LogP contribution < -0.4 is 10.6 Å². The molecule has 6 nitrogen and oxygen atoms in total. The van der Waals surface area contributed by atoms with Gasteiger partial charge in [-0.1, -0.05) is 29.8 Å². The van der Waals surface area contributed by atoms with Crippen LogP contribution in [0.5, 0.6) is 0 Å². The molecule has 0 fully saturated rings. The second-order valence-electron chi connectivity index (χ2n) is 5.95. The lowest BCUT2D eigenvalue weighted by molar-refractivity contribution is -0.111. The van der Waals surface area contributed by atoms with E-state index in [1.807, 2.05) is 24.3 Å². The van der Waals surface area contributed by atoms with Crippen LogP contribution in [0.4, 0.5) is 5.69 Å². The molecule has 0 saturated carbocycles. The zero-order valence-corrected chi connectivity index (χ0v) is 14.4. The van der Waals surface area contributed by atoms with Gasteiger partial charge in [-0.15, -0.1) is 0 Å². The van der Waals surface area contributed by atoms with Gasteiger partial charge in [-0.2, -0.15) is 0 Å². The highest BCUT2D eigenvalue weighted by Crippen LogP contribution is 2.32. The van der Waals surface area contributed by atoms with Crippen molar-refractivity contribution in [3.05, 3.63) is 65.1 Å². The van der Waals surface area contributed by atoms with Gasteiger partial charge in [-0.25, -0.2) is 4.98 Å². The third kappa shape index (κ3) is 3.07. The van der Waals surface area contributed by atoms with Gasteiger partial charge in [0, 0.05) is 29.1 Å². The predicted octanol–water partition coefficient (Wildman–Crippen LogP) is 3.37. The summed E-state index contributed by atoms with van der Waals surface area (Å²) >= 11 is 5.76. The van der Waals surface area contributed by atoms with Crippen molar-refractivity contribution in [1.82, 2.24) is 15.3 Å². The molecule has 130 valence electrons. The highest BCUT2D eigenvalue weighted by atomic mass is 35.5. The molecule has 3 heterocycles. The Balaban J connectivity index is 1.73. The van der Waals surface area contributed by atoms with E-state index in [4.69, 9.17) is 11.6 Å². The maximum absolute atomic E-state index is 12.5. The topological polar surface area (TPSA) is 86.9 Å². The maximum Gasteiger partial charge on any atom is 0.268 e. The molecule has 7 heteroatoms. The van der Waals surface area contributed by atoms with Gasteiger partial charge in [0.2, 0.25) is 5.91 Å². The fourth-order valence-electron chi connectivity index (χ4n) is 3.10. The fraction of sp³-hybridized carbons (Fsp3) is 0.105. The number of para-hydroxylation sites is 1. The minimum absolute atomic E-state index is 0.165. The maximum atomic E-state index is 12.5. The van der Waals surface area contributed by atoms with Crippen LogP contribution in [-0.4, -0.2) is 28.3 Å². The Morgan fingerprint density at radius 3 is 2.88 bits per heavy atom. The number of hydrogen-bond donors (Lipinski definition) is 3. The van der Waals surface area contributed by atoms with E-state index in [-0.39, 0.29) is 11.8 Å². The van der Waals surface area contributed by atoms with Crippen molar-refractivity contribution >= 4 is 45.6 Å². The molecule has 0 saturated heterocycles. The summed E-state index contributed by atoms with van der Waals surface area (Å²) in [5.74, 6) is -0.448. The molecule has 1 aliphatic heterocycles. The molecular formula is C19H15ClN4O2.